The molecule has 1 fully saturated rings. The minimum Gasteiger partial charge on any atom is -0.397 e. The summed E-state index contributed by atoms with van der Waals surface area (Å²) in [5.74, 6) is 1.17. The minimum atomic E-state index is -0.325. The Kier molecular flexibility index (Phi) is 3.88. The molecule has 5 nitrogen and oxygen atoms in total. The molecule has 1 aromatic carbocycles. The minimum absolute atomic E-state index is 0.215. The highest BCUT2D eigenvalue weighted by molar-refractivity contribution is 5.99. The van der Waals surface area contributed by atoms with Crippen LogP contribution in [0.3, 0.4) is 0 Å². The van der Waals surface area contributed by atoms with Gasteiger partial charge in [0.05, 0.1) is 11.9 Å². The third-order valence-electron chi connectivity index (χ3n) is 4.31. The lowest BCUT2D eigenvalue weighted by Gasteiger charge is -2.38. The number of hydrogen-bond donors (Lipinski definition) is 1. The maximum Gasteiger partial charge on any atom is 0.228 e. The van der Waals surface area contributed by atoms with E-state index in [0.717, 1.165) is 42.8 Å². The predicted octanol–water partition coefficient (Wildman–Crippen LogP) is 2.51. The summed E-state index contributed by atoms with van der Waals surface area (Å²) >= 11 is 0. The van der Waals surface area contributed by atoms with Crippen LogP contribution < -0.4 is 10.6 Å². The van der Waals surface area contributed by atoms with Crippen LogP contribution in [0, 0.1) is 5.41 Å². The monoisotopic (exact) mass is 312 g/mol. The number of rotatable bonds is 1. The first kappa shape index (κ1) is 15.6. The van der Waals surface area contributed by atoms with Gasteiger partial charge in [0.1, 0.15) is 5.82 Å². The lowest BCUT2D eigenvalue weighted by Crippen LogP contribution is -2.51. The number of fused-ring (bicyclic) bond motifs is 1. The average Bonchev–Trinajstić information content (AvgIpc) is 2.54. The zero-order chi connectivity index (χ0) is 16.6. The van der Waals surface area contributed by atoms with Gasteiger partial charge in [0.15, 0.2) is 0 Å². The number of amides is 1. The van der Waals surface area contributed by atoms with E-state index in [0.29, 0.717) is 5.69 Å². The van der Waals surface area contributed by atoms with Crippen molar-refractivity contribution in [1.29, 1.82) is 0 Å². The molecule has 0 saturated carbocycles. The molecule has 1 aromatic heterocycles. The van der Waals surface area contributed by atoms with Gasteiger partial charge in [-0.2, -0.15) is 0 Å². The summed E-state index contributed by atoms with van der Waals surface area (Å²) < 4.78 is 0. The van der Waals surface area contributed by atoms with E-state index in [1.165, 1.54) is 0 Å². The van der Waals surface area contributed by atoms with Crippen LogP contribution in [0.25, 0.3) is 10.8 Å². The number of nitrogens with two attached hydrogens (primary N) is 1. The highest BCUT2D eigenvalue weighted by Gasteiger charge is 2.30. The van der Waals surface area contributed by atoms with Gasteiger partial charge in [0.25, 0.3) is 0 Å². The van der Waals surface area contributed by atoms with E-state index < -0.39 is 0 Å². The molecule has 2 heterocycles. The van der Waals surface area contributed by atoms with Crippen molar-refractivity contribution in [2.75, 3.05) is 36.8 Å². The van der Waals surface area contributed by atoms with E-state index in [9.17, 15) is 4.79 Å². The first-order chi connectivity index (χ1) is 10.9. The molecule has 2 N–H and O–H groups in total. The number of nitrogens with zero attached hydrogens (tertiary/aromatic N) is 3. The second-order valence-corrected chi connectivity index (χ2v) is 7.11. The number of nitrogen functional groups attached to an aromatic ring is 1. The van der Waals surface area contributed by atoms with Crippen LogP contribution in [0.1, 0.15) is 20.8 Å². The maximum absolute atomic E-state index is 12.4. The van der Waals surface area contributed by atoms with Crippen molar-refractivity contribution >= 4 is 28.2 Å². The fourth-order valence-electron chi connectivity index (χ4n) is 3.05. The van der Waals surface area contributed by atoms with Crippen molar-refractivity contribution in [2.45, 2.75) is 20.8 Å². The normalized spacial score (nSPS) is 16.0. The van der Waals surface area contributed by atoms with Gasteiger partial charge in [-0.3, -0.25) is 4.79 Å². The van der Waals surface area contributed by atoms with Crippen molar-refractivity contribution in [2.24, 2.45) is 5.41 Å². The highest BCUT2D eigenvalue weighted by Crippen LogP contribution is 2.29. The molecule has 1 aliphatic heterocycles. The second-order valence-electron chi connectivity index (χ2n) is 7.11. The van der Waals surface area contributed by atoms with Crippen LogP contribution in [-0.4, -0.2) is 42.0 Å². The maximum atomic E-state index is 12.4. The topological polar surface area (TPSA) is 62.5 Å². The van der Waals surface area contributed by atoms with Gasteiger partial charge in [0, 0.05) is 42.4 Å². The Bertz CT molecular complexity index is 727. The van der Waals surface area contributed by atoms with Crippen LogP contribution in [0.15, 0.2) is 30.5 Å². The number of carbonyl (C=O) groups is 1. The molecule has 1 aliphatic rings. The van der Waals surface area contributed by atoms with E-state index in [1.54, 1.807) is 6.20 Å². The molecule has 1 amide bonds. The van der Waals surface area contributed by atoms with Crippen molar-refractivity contribution in [1.82, 2.24) is 9.88 Å². The standard InChI is InChI=1S/C18H24N4O/c1-18(2,3)17(23)22-10-8-21(9-11-22)16-14-7-5-4-6-13(14)15(19)12-20-16/h4-7,12H,8-11,19H2,1-3H3. The molecular weight excluding hydrogens is 288 g/mol. The Labute approximate surface area is 137 Å². The number of carbonyl (C=O) groups excluding carboxylic acids is 1. The quantitative estimate of drug-likeness (QED) is 0.879. The molecule has 0 unspecified atom stereocenters. The summed E-state index contributed by atoms with van der Waals surface area (Å²) in [4.78, 5) is 21.1. The molecule has 0 bridgehead atoms. The summed E-state index contributed by atoms with van der Waals surface area (Å²) in [6.07, 6.45) is 1.73. The molecule has 3 rings (SSSR count). The van der Waals surface area contributed by atoms with Crippen molar-refractivity contribution in [3.63, 3.8) is 0 Å². The fourth-order valence-corrected chi connectivity index (χ4v) is 3.05. The Morgan fingerprint density at radius 3 is 2.30 bits per heavy atom. The molecule has 0 atom stereocenters. The van der Waals surface area contributed by atoms with Gasteiger partial charge in [-0.05, 0) is 0 Å². The molecule has 0 radical (unpaired) electrons. The Morgan fingerprint density at radius 2 is 1.70 bits per heavy atom. The van der Waals surface area contributed by atoms with Crippen LogP contribution >= 0.6 is 0 Å². The second kappa shape index (κ2) is 5.72. The molecule has 23 heavy (non-hydrogen) atoms. The molecule has 2 aromatic rings. The summed E-state index contributed by atoms with van der Waals surface area (Å²) in [6, 6.07) is 8.07. The largest absolute Gasteiger partial charge is 0.397 e. The Hall–Kier alpha value is -2.30. The van der Waals surface area contributed by atoms with Gasteiger partial charge in [0.2, 0.25) is 5.91 Å². The van der Waals surface area contributed by atoms with Gasteiger partial charge >= 0.3 is 0 Å². The third kappa shape index (κ3) is 2.96. The third-order valence-corrected chi connectivity index (χ3v) is 4.31. The summed E-state index contributed by atoms with van der Waals surface area (Å²) in [6.45, 7) is 8.96. The fraction of sp³-hybridized carbons (Fsp3) is 0.444. The van der Waals surface area contributed by atoms with E-state index in [4.69, 9.17) is 5.73 Å². The SMILES string of the molecule is CC(C)(C)C(=O)N1CCN(c2ncc(N)c3ccccc23)CC1. The molecule has 1 saturated heterocycles. The van der Waals surface area contributed by atoms with Gasteiger partial charge in [-0.1, -0.05) is 45.0 Å². The van der Waals surface area contributed by atoms with Gasteiger partial charge < -0.3 is 15.5 Å². The molecule has 5 heteroatoms. The predicted molar refractivity (Wildman–Crippen MR) is 94.4 cm³/mol. The highest BCUT2D eigenvalue weighted by atomic mass is 16.2. The van der Waals surface area contributed by atoms with Crippen molar-refractivity contribution in [3.8, 4) is 0 Å². The molecular formula is C18H24N4O. The van der Waals surface area contributed by atoms with Crippen LogP contribution in [0.5, 0.6) is 0 Å². The Morgan fingerprint density at radius 1 is 1.09 bits per heavy atom. The smallest absolute Gasteiger partial charge is 0.228 e. The number of anilines is 2. The zero-order valence-corrected chi connectivity index (χ0v) is 14.0. The number of aromatic nitrogens is 1. The number of piperazine rings is 1. The lowest BCUT2D eigenvalue weighted by atomic mass is 9.94. The molecule has 0 spiro atoms. The number of benzene rings is 1. The van der Waals surface area contributed by atoms with E-state index in [1.807, 2.05) is 43.9 Å². The summed E-state index contributed by atoms with van der Waals surface area (Å²) in [5.41, 5.74) is 6.41. The van der Waals surface area contributed by atoms with Crippen LogP contribution in [0.4, 0.5) is 11.5 Å². The van der Waals surface area contributed by atoms with Gasteiger partial charge in [-0.25, -0.2) is 4.98 Å². The molecule has 122 valence electrons. The first-order valence-electron chi connectivity index (χ1n) is 8.05. The zero-order valence-electron chi connectivity index (χ0n) is 14.0. The number of pyridine rings is 1. The van der Waals surface area contributed by atoms with E-state index >= 15 is 0 Å². The van der Waals surface area contributed by atoms with Crippen LogP contribution in [0.2, 0.25) is 0 Å². The van der Waals surface area contributed by atoms with Crippen LogP contribution in [-0.2, 0) is 4.79 Å². The van der Waals surface area contributed by atoms with E-state index in [2.05, 4.69) is 16.0 Å². The van der Waals surface area contributed by atoms with Gasteiger partial charge in [-0.15, -0.1) is 0 Å². The van der Waals surface area contributed by atoms with Crippen molar-refractivity contribution < 1.29 is 4.79 Å². The summed E-state index contributed by atoms with van der Waals surface area (Å²) in [7, 11) is 0. The Balaban J connectivity index is 1.81. The summed E-state index contributed by atoms with van der Waals surface area (Å²) in [5, 5.41) is 2.11. The molecule has 0 aliphatic carbocycles. The lowest BCUT2D eigenvalue weighted by molar-refractivity contribution is -0.139. The first-order valence-corrected chi connectivity index (χ1v) is 8.05. The van der Waals surface area contributed by atoms with E-state index in [-0.39, 0.29) is 11.3 Å². The van der Waals surface area contributed by atoms with Crippen molar-refractivity contribution in [3.05, 3.63) is 30.5 Å². The average molecular weight is 312 g/mol. The number of hydrogen-bond acceptors (Lipinski definition) is 4.